The fourth-order valence-corrected chi connectivity index (χ4v) is 0.996. The monoisotopic (exact) mass is 229 g/mol. The number of amides is 1. The number of aliphatic imine (C=N–C) groups is 1. The predicted molar refractivity (Wildman–Crippen MR) is 56.9 cm³/mol. The molecule has 1 rings (SSSR count). The normalized spacial score (nSPS) is 11.5. The number of carbonyl (C=O) groups excluding carboxylic acids is 1. The van der Waals surface area contributed by atoms with Crippen molar-refractivity contribution in [2.24, 2.45) is 16.5 Å². The minimum Gasteiger partial charge on any atom is -0.386 e. The van der Waals surface area contributed by atoms with Gasteiger partial charge in [0.05, 0.1) is 5.88 Å². The molecule has 1 aromatic rings. The highest BCUT2D eigenvalue weighted by Crippen LogP contribution is 2.19. The fraction of sp³-hybridized carbons (Fsp3) is 0.111. The summed E-state index contributed by atoms with van der Waals surface area (Å²) in [6.45, 7) is 0. The number of benzene rings is 1. The number of amidine groups is 1. The van der Waals surface area contributed by atoms with Crippen LogP contribution in [-0.4, -0.2) is 17.6 Å². The zero-order chi connectivity index (χ0) is 11.4. The van der Waals surface area contributed by atoms with Crippen LogP contribution in [-0.2, 0) is 0 Å². The smallest absolute Gasteiger partial charge is 0.248 e. The van der Waals surface area contributed by atoms with E-state index in [-0.39, 0.29) is 23.0 Å². The fourth-order valence-electron chi connectivity index (χ4n) is 0.936. The SMILES string of the molecule is NC(=O)c1ccc(F)c(N=C(N)CCl)c1. The molecule has 0 fully saturated rings. The van der Waals surface area contributed by atoms with Gasteiger partial charge >= 0.3 is 0 Å². The van der Waals surface area contributed by atoms with Crippen LogP contribution in [0.1, 0.15) is 10.4 Å². The Morgan fingerprint density at radius 1 is 1.47 bits per heavy atom. The Hall–Kier alpha value is -1.62. The van der Waals surface area contributed by atoms with Crippen molar-refractivity contribution in [3.63, 3.8) is 0 Å². The lowest BCUT2D eigenvalue weighted by atomic mass is 10.2. The summed E-state index contributed by atoms with van der Waals surface area (Å²) in [4.78, 5) is 14.5. The minimum absolute atomic E-state index is 0.0137. The van der Waals surface area contributed by atoms with Gasteiger partial charge in [-0.2, -0.15) is 0 Å². The van der Waals surface area contributed by atoms with E-state index in [4.69, 9.17) is 23.1 Å². The molecule has 0 radical (unpaired) electrons. The van der Waals surface area contributed by atoms with E-state index in [1.807, 2.05) is 0 Å². The number of hydrogen-bond donors (Lipinski definition) is 2. The molecule has 0 aliphatic heterocycles. The molecule has 0 heterocycles. The first-order valence-corrected chi connectivity index (χ1v) is 4.56. The lowest BCUT2D eigenvalue weighted by Crippen LogP contribution is -2.13. The van der Waals surface area contributed by atoms with Gasteiger partial charge in [-0.3, -0.25) is 4.79 Å². The second-order valence-electron chi connectivity index (χ2n) is 2.77. The van der Waals surface area contributed by atoms with Crippen LogP contribution in [0, 0.1) is 5.82 Å². The quantitative estimate of drug-likeness (QED) is 0.463. The number of rotatable bonds is 3. The summed E-state index contributed by atoms with van der Waals surface area (Å²) >= 11 is 5.39. The number of hydrogen-bond acceptors (Lipinski definition) is 2. The van der Waals surface area contributed by atoms with E-state index in [9.17, 15) is 9.18 Å². The predicted octanol–water partition coefficient (Wildman–Crippen LogP) is 1.15. The summed E-state index contributed by atoms with van der Waals surface area (Å²) in [6.07, 6.45) is 0. The zero-order valence-corrected chi connectivity index (χ0v) is 8.46. The second kappa shape index (κ2) is 4.75. The highest BCUT2D eigenvalue weighted by Gasteiger charge is 2.06. The van der Waals surface area contributed by atoms with Crippen LogP contribution in [0.3, 0.4) is 0 Å². The molecule has 4 nitrogen and oxygen atoms in total. The molecule has 0 atom stereocenters. The topological polar surface area (TPSA) is 81.5 Å². The van der Waals surface area contributed by atoms with Gasteiger partial charge < -0.3 is 11.5 Å². The number of primary amides is 1. The molecule has 0 aromatic heterocycles. The van der Waals surface area contributed by atoms with Gasteiger partial charge in [0.2, 0.25) is 5.91 Å². The van der Waals surface area contributed by atoms with Gasteiger partial charge in [-0.25, -0.2) is 9.38 Å². The van der Waals surface area contributed by atoms with Crippen molar-refractivity contribution in [1.29, 1.82) is 0 Å². The van der Waals surface area contributed by atoms with Gasteiger partial charge in [-0.05, 0) is 18.2 Å². The van der Waals surface area contributed by atoms with E-state index in [1.54, 1.807) is 0 Å². The largest absolute Gasteiger partial charge is 0.386 e. The molecule has 0 unspecified atom stereocenters. The maximum Gasteiger partial charge on any atom is 0.248 e. The molecule has 80 valence electrons. The number of carbonyl (C=O) groups is 1. The van der Waals surface area contributed by atoms with Crippen LogP contribution in [0.15, 0.2) is 23.2 Å². The maximum atomic E-state index is 13.2. The Labute approximate surface area is 90.7 Å². The Morgan fingerprint density at radius 3 is 2.67 bits per heavy atom. The van der Waals surface area contributed by atoms with Crippen molar-refractivity contribution in [2.45, 2.75) is 0 Å². The van der Waals surface area contributed by atoms with Gasteiger partial charge in [0.1, 0.15) is 17.3 Å². The van der Waals surface area contributed by atoms with E-state index in [0.29, 0.717) is 0 Å². The van der Waals surface area contributed by atoms with Crippen molar-refractivity contribution in [1.82, 2.24) is 0 Å². The number of nitrogens with two attached hydrogens (primary N) is 2. The molecule has 0 aliphatic carbocycles. The van der Waals surface area contributed by atoms with Gasteiger partial charge in [0.25, 0.3) is 0 Å². The lowest BCUT2D eigenvalue weighted by Gasteiger charge is -2.01. The molecule has 4 N–H and O–H groups in total. The van der Waals surface area contributed by atoms with E-state index in [0.717, 1.165) is 6.07 Å². The van der Waals surface area contributed by atoms with Crippen molar-refractivity contribution in [3.05, 3.63) is 29.6 Å². The maximum absolute atomic E-state index is 13.2. The average molecular weight is 230 g/mol. The van der Waals surface area contributed by atoms with Crippen molar-refractivity contribution in [2.75, 3.05) is 5.88 Å². The summed E-state index contributed by atoms with van der Waals surface area (Å²) in [6, 6.07) is 3.59. The molecule has 6 heteroatoms. The molecule has 0 saturated heterocycles. The third kappa shape index (κ3) is 2.92. The molecule has 0 aliphatic rings. The van der Waals surface area contributed by atoms with Crippen molar-refractivity contribution < 1.29 is 9.18 Å². The molecule has 1 aromatic carbocycles. The first kappa shape index (κ1) is 11.5. The first-order chi connectivity index (χ1) is 7.04. The highest BCUT2D eigenvalue weighted by molar-refractivity contribution is 6.28. The molecular weight excluding hydrogens is 221 g/mol. The van der Waals surface area contributed by atoms with Crippen LogP contribution in [0.5, 0.6) is 0 Å². The van der Waals surface area contributed by atoms with Crippen LogP contribution >= 0.6 is 11.6 Å². The van der Waals surface area contributed by atoms with E-state index < -0.39 is 11.7 Å². The van der Waals surface area contributed by atoms with E-state index in [1.165, 1.54) is 12.1 Å². The summed E-state index contributed by atoms with van der Waals surface area (Å²) in [5, 5.41) is 0. The van der Waals surface area contributed by atoms with Crippen molar-refractivity contribution >= 4 is 29.0 Å². The minimum atomic E-state index is -0.657. The standard InChI is InChI=1S/C9H9ClFN3O/c10-4-8(12)14-7-3-5(9(13)15)1-2-6(7)11/h1-3H,4H2,(H2,12,14)(H2,13,15). The summed E-state index contributed by atoms with van der Waals surface area (Å²) < 4.78 is 13.2. The van der Waals surface area contributed by atoms with Crippen molar-refractivity contribution in [3.8, 4) is 0 Å². The molecule has 0 saturated carbocycles. The number of nitrogens with zero attached hydrogens (tertiary/aromatic N) is 1. The number of alkyl halides is 1. The average Bonchev–Trinajstić information content (AvgIpc) is 2.20. The summed E-state index contributed by atoms with van der Waals surface area (Å²) in [7, 11) is 0. The second-order valence-corrected chi connectivity index (χ2v) is 3.03. The van der Waals surface area contributed by atoms with Gasteiger partial charge in [-0.15, -0.1) is 11.6 Å². The first-order valence-electron chi connectivity index (χ1n) is 4.03. The van der Waals surface area contributed by atoms with Crippen LogP contribution in [0.4, 0.5) is 10.1 Å². The third-order valence-electron chi connectivity index (χ3n) is 1.63. The van der Waals surface area contributed by atoms with E-state index in [2.05, 4.69) is 4.99 Å². The van der Waals surface area contributed by atoms with E-state index >= 15 is 0 Å². The molecule has 0 bridgehead atoms. The molecule has 15 heavy (non-hydrogen) atoms. The Balaban J connectivity index is 3.17. The third-order valence-corrected chi connectivity index (χ3v) is 1.91. The van der Waals surface area contributed by atoms with Gasteiger partial charge in [0.15, 0.2) is 0 Å². The summed E-state index contributed by atoms with van der Waals surface area (Å²) in [5.74, 6) is -1.19. The van der Waals surface area contributed by atoms with Crippen LogP contribution in [0.2, 0.25) is 0 Å². The Morgan fingerprint density at radius 2 is 2.13 bits per heavy atom. The van der Waals surface area contributed by atoms with Crippen LogP contribution in [0.25, 0.3) is 0 Å². The highest BCUT2D eigenvalue weighted by atomic mass is 35.5. The Kier molecular flexibility index (Phi) is 3.62. The lowest BCUT2D eigenvalue weighted by molar-refractivity contribution is 0.100. The Bertz CT molecular complexity index is 420. The number of halogens is 2. The molecule has 1 amide bonds. The molecular formula is C9H9ClFN3O. The molecule has 0 spiro atoms. The summed E-state index contributed by atoms with van der Waals surface area (Å²) in [5.41, 5.74) is 10.5. The van der Waals surface area contributed by atoms with Gasteiger partial charge in [-0.1, -0.05) is 0 Å². The van der Waals surface area contributed by atoms with Gasteiger partial charge in [0, 0.05) is 5.56 Å². The zero-order valence-electron chi connectivity index (χ0n) is 7.71. The van der Waals surface area contributed by atoms with Crippen LogP contribution < -0.4 is 11.5 Å².